The van der Waals surface area contributed by atoms with E-state index in [0.29, 0.717) is 23.1 Å². The lowest BCUT2D eigenvalue weighted by molar-refractivity contribution is -0.631. The first-order valence-electron chi connectivity index (χ1n) is 7.40. The Morgan fingerprint density at radius 1 is 1.04 bits per heavy atom. The number of halogens is 1. The van der Waals surface area contributed by atoms with Crippen LogP contribution in [0.15, 0.2) is 30.3 Å². The van der Waals surface area contributed by atoms with Gasteiger partial charge in [-0.2, -0.15) is 4.57 Å². The van der Waals surface area contributed by atoms with Gasteiger partial charge in [-0.05, 0) is 25.1 Å². The third-order valence-electron chi connectivity index (χ3n) is 3.96. The molecule has 0 unspecified atom stereocenters. The van der Waals surface area contributed by atoms with Gasteiger partial charge in [-0.25, -0.2) is 0 Å². The Balaban J connectivity index is 2.39. The summed E-state index contributed by atoms with van der Waals surface area (Å²) in [7, 11) is 5.21. The van der Waals surface area contributed by atoms with Gasteiger partial charge in [-0.1, -0.05) is 11.6 Å². The van der Waals surface area contributed by atoms with E-state index in [0.717, 1.165) is 27.9 Å². The minimum atomic E-state index is 0.604. The van der Waals surface area contributed by atoms with E-state index in [2.05, 4.69) is 4.57 Å². The molecule has 0 fully saturated rings. The van der Waals surface area contributed by atoms with E-state index in [4.69, 9.17) is 25.8 Å². The van der Waals surface area contributed by atoms with Crippen LogP contribution in [0, 0.1) is 0 Å². The summed E-state index contributed by atoms with van der Waals surface area (Å²) >= 11 is 6.54. The van der Waals surface area contributed by atoms with Crippen LogP contribution < -0.4 is 18.8 Å². The summed E-state index contributed by atoms with van der Waals surface area (Å²) in [5, 5.41) is 1.70. The van der Waals surface area contributed by atoms with Crippen molar-refractivity contribution in [1.82, 2.24) is 0 Å². The summed E-state index contributed by atoms with van der Waals surface area (Å²) in [6.45, 7) is 2.61. The number of hydrogen-bond donors (Lipinski definition) is 0. The molecule has 0 saturated carbocycles. The van der Waals surface area contributed by atoms with Gasteiger partial charge in [0, 0.05) is 6.07 Å². The Labute approximate surface area is 140 Å². The van der Waals surface area contributed by atoms with E-state index in [1.807, 2.05) is 38.2 Å². The van der Waals surface area contributed by atoms with E-state index in [1.54, 1.807) is 20.3 Å². The highest BCUT2D eigenvalue weighted by molar-refractivity contribution is 6.33. The SMILES string of the molecule is CCOc1ccc2c3cc(OC)c(OC)cc(Cl)c-3[n+](C)c2c1. The van der Waals surface area contributed by atoms with Crippen LogP contribution in [0.5, 0.6) is 17.2 Å². The largest absolute Gasteiger partial charge is 0.494 e. The molecule has 120 valence electrons. The first kappa shape index (κ1) is 15.7. The smallest absolute Gasteiger partial charge is 0.232 e. The number of nitrogens with zero attached hydrogens (tertiary/aromatic N) is 1. The van der Waals surface area contributed by atoms with Crippen LogP contribution >= 0.6 is 11.6 Å². The molecule has 23 heavy (non-hydrogen) atoms. The second kappa shape index (κ2) is 6.13. The van der Waals surface area contributed by atoms with E-state index in [1.165, 1.54) is 0 Å². The summed E-state index contributed by atoms with van der Waals surface area (Å²) < 4.78 is 18.5. The Hall–Kier alpha value is -2.20. The van der Waals surface area contributed by atoms with Crippen molar-refractivity contribution >= 4 is 22.5 Å². The molecule has 4 nitrogen and oxygen atoms in total. The topological polar surface area (TPSA) is 31.6 Å². The highest BCUT2D eigenvalue weighted by Crippen LogP contribution is 2.40. The van der Waals surface area contributed by atoms with E-state index in [9.17, 15) is 0 Å². The third kappa shape index (κ3) is 2.53. The van der Waals surface area contributed by atoms with Crippen LogP contribution in [-0.2, 0) is 7.05 Å². The van der Waals surface area contributed by atoms with Crippen LogP contribution in [0.1, 0.15) is 6.92 Å². The van der Waals surface area contributed by atoms with Crippen molar-refractivity contribution in [2.75, 3.05) is 20.8 Å². The molecule has 0 radical (unpaired) electrons. The molecule has 1 aromatic rings. The number of benzene rings is 1. The molecule has 0 aromatic heterocycles. The number of methoxy groups -OCH3 is 2. The predicted molar refractivity (Wildman–Crippen MR) is 91.0 cm³/mol. The molecule has 0 atom stereocenters. The maximum Gasteiger partial charge on any atom is 0.232 e. The molecule has 1 aliphatic carbocycles. The van der Waals surface area contributed by atoms with Gasteiger partial charge in [0.1, 0.15) is 17.8 Å². The van der Waals surface area contributed by atoms with Crippen LogP contribution in [0.3, 0.4) is 0 Å². The maximum absolute atomic E-state index is 6.54. The number of aryl methyl sites for hydroxylation is 1. The van der Waals surface area contributed by atoms with Gasteiger partial charge < -0.3 is 14.2 Å². The minimum absolute atomic E-state index is 0.604. The Kier molecular flexibility index (Phi) is 4.18. The third-order valence-corrected chi connectivity index (χ3v) is 4.25. The molecule has 1 aliphatic heterocycles. The molecule has 0 amide bonds. The Bertz CT molecular complexity index is 848. The van der Waals surface area contributed by atoms with Crippen LogP contribution in [0.4, 0.5) is 0 Å². The summed E-state index contributed by atoms with van der Waals surface area (Å²) in [5.41, 5.74) is 2.99. The zero-order valence-electron chi connectivity index (χ0n) is 13.6. The highest BCUT2D eigenvalue weighted by atomic mass is 35.5. The van der Waals surface area contributed by atoms with Crippen molar-refractivity contribution in [3.8, 4) is 28.5 Å². The predicted octanol–water partition coefficient (Wildman–Crippen LogP) is 3.84. The van der Waals surface area contributed by atoms with Gasteiger partial charge in [0.15, 0.2) is 11.5 Å². The van der Waals surface area contributed by atoms with Crippen molar-refractivity contribution in [1.29, 1.82) is 0 Å². The van der Waals surface area contributed by atoms with Crippen molar-refractivity contribution in [3.63, 3.8) is 0 Å². The van der Waals surface area contributed by atoms with Crippen LogP contribution in [-0.4, -0.2) is 20.8 Å². The van der Waals surface area contributed by atoms with Crippen molar-refractivity contribution < 1.29 is 18.8 Å². The van der Waals surface area contributed by atoms with Crippen LogP contribution in [0.25, 0.3) is 22.2 Å². The summed E-state index contributed by atoms with van der Waals surface area (Å²) in [4.78, 5) is 0. The Morgan fingerprint density at radius 3 is 2.39 bits per heavy atom. The molecular formula is C18H19ClNO3+. The number of ether oxygens (including phenoxy) is 3. The van der Waals surface area contributed by atoms with Crippen LogP contribution in [0.2, 0.25) is 5.02 Å². The van der Waals surface area contributed by atoms with E-state index >= 15 is 0 Å². The zero-order chi connectivity index (χ0) is 16.6. The Morgan fingerprint density at radius 2 is 1.74 bits per heavy atom. The number of hydrogen-bond acceptors (Lipinski definition) is 3. The number of fused-ring (bicyclic) bond motifs is 3. The van der Waals surface area contributed by atoms with E-state index < -0.39 is 0 Å². The quantitative estimate of drug-likeness (QED) is 0.680. The second-order valence-electron chi connectivity index (χ2n) is 5.21. The average Bonchev–Trinajstić information content (AvgIpc) is 2.73. The molecule has 5 heteroatoms. The first-order valence-corrected chi connectivity index (χ1v) is 7.78. The van der Waals surface area contributed by atoms with Gasteiger partial charge in [0.05, 0.1) is 37.8 Å². The molecule has 3 rings (SSSR count). The fraction of sp³-hybridized carbons (Fsp3) is 0.278. The zero-order valence-corrected chi connectivity index (χ0v) is 14.4. The second-order valence-corrected chi connectivity index (χ2v) is 5.61. The standard InChI is InChI=1S/C18H19ClNO3/c1-5-23-11-6-7-12-13-9-16(21-3)17(22-4)10-14(19)18(13)20(2)15(12)8-11/h6-10H,5H2,1-4H3/q+1. The van der Waals surface area contributed by atoms with Gasteiger partial charge >= 0.3 is 0 Å². The van der Waals surface area contributed by atoms with Gasteiger partial charge in [0.2, 0.25) is 11.2 Å². The van der Waals surface area contributed by atoms with Crippen molar-refractivity contribution in [2.45, 2.75) is 6.92 Å². The molecule has 0 bridgehead atoms. The maximum atomic E-state index is 6.54. The lowest BCUT2D eigenvalue weighted by Crippen LogP contribution is -2.28. The number of aromatic nitrogens is 1. The van der Waals surface area contributed by atoms with Crippen molar-refractivity contribution in [3.05, 3.63) is 35.4 Å². The molecule has 1 aromatic carbocycles. The normalized spacial score (nSPS) is 11.0. The molecular weight excluding hydrogens is 314 g/mol. The number of rotatable bonds is 4. The highest BCUT2D eigenvalue weighted by Gasteiger charge is 2.27. The average molecular weight is 333 g/mol. The fourth-order valence-corrected chi connectivity index (χ4v) is 3.24. The summed E-state index contributed by atoms with van der Waals surface area (Å²) in [6, 6.07) is 9.79. The summed E-state index contributed by atoms with van der Waals surface area (Å²) in [6.07, 6.45) is 0. The van der Waals surface area contributed by atoms with Gasteiger partial charge in [0.25, 0.3) is 0 Å². The minimum Gasteiger partial charge on any atom is -0.494 e. The van der Waals surface area contributed by atoms with Gasteiger partial charge in [-0.15, -0.1) is 0 Å². The molecule has 1 heterocycles. The summed E-state index contributed by atoms with van der Waals surface area (Å²) in [5.74, 6) is 2.09. The molecule has 0 spiro atoms. The monoisotopic (exact) mass is 332 g/mol. The lowest BCUT2D eigenvalue weighted by Gasteiger charge is -2.03. The molecule has 2 aliphatic rings. The first-order chi connectivity index (χ1) is 11.1. The lowest BCUT2D eigenvalue weighted by atomic mass is 10.1. The van der Waals surface area contributed by atoms with Crippen molar-refractivity contribution in [2.24, 2.45) is 7.05 Å². The molecule has 0 saturated heterocycles. The van der Waals surface area contributed by atoms with Gasteiger partial charge in [-0.3, -0.25) is 0 Å². The molecule has 0 N–H and O–H groups in total. The van der Waals surface area contributed by atoms with E-state index in [-0.39, 0.29) is 0 Å². The fourth-order valence-electron chi connectivity index (χ4n) is 2.91.